The summed E-state index contributed by atoms with van der Waals surface area (Å²) in [5.41, 5.74) is 0. The standard InChI is InChI=1S/C63H110O6/c1-4-7-10-13-16-19-22-24-26-27-28-29-30-31-32-33-34-35-36-37-38-40-41-44-47-50-53-56-62(65)68-59-60(58-67-61(64)55-52-49-46-43-21-18-15-12-9-6-3)69-63(66)57-54-51-48-45-42-39-25-23-20-17-14-11-8-5-2/h12,14-15,17,22-25,27-28,30-31,60H,4-11,13,16,18-21,26,29,32-59H2,1-3H3/b15-12-,17-14-,24-22-,25-23-,28-27-,31-30-. The minimum atomic E-state index is -0.786. The monoisotopic (exact) mass is 963 g/mol. The fraction of sp³-hybridized carbons (Fsp3) is 0.762. The van der Waals surface area contributed by atoms with E-state index in [-0.39, 0.29) is 31.1 Å². The number of rotatable bonds is 53. The SMILES string of the molecule is CCC/C=C\CCCCCCCC(=O)OCC(COC(=O)CCCCCCCCCCCCCC/C=C\C/C=C\C/C=C\CCCCCCC)OC(=O)CCCCCCC/C=C\C/C=C\CCCC. The van der Waals surface area contributed by atoms with Crippen LogP contribution < -0.4 is 0 Å². The highest BCUT2D eigenvalue weighted by atomic mass is 16.6. The van der Waals surface area contributed by atoms with E-state index < -0.39 is 6.10 Å². The van der Waals surface area contributed by atoms with Crippen LogP contribution in [0.4, 0.5) is 0 Å². The number of hydrogen-bond donors (Lipinski definition) is 0. The van der Waals surface area contributed by atoms with E-state index in [4.69, 9.17) is 14.2 Å². The lowest BCUT2D eigenvalue weighted by Gasteiger charge is -2.18. The van der Waals surface area contributed by atoms with Crippen LogP contribution in [-0.2, 0) is 28.6 Å². The third-order valence-corrected chi connectivity index (χ3v) is 12.6. The predicted molar refractivity (Wildman–Crippen MR) is 298 cm³/mol. The van der Waals surface area contributed by atoms with Crippen LogP contribution in [0.25, 0.3) is 0 Å². The molecule has 0 aliphatic carbocycles. The van der Waals surface area contributed by atoms with Crippen LogP contribution in [0.5, 0.6) is 0 Å². The Hall–Kier alpha value is -3.15. The van der Waals surface area contributed by atoms with Gasteiger partial charge in [0, 0.05) is 19.3 Å². The van der Waals surface area contributed by atoms with E-state index in [1.54, 1.807) is 0 Å². The molecule has 1 atom stereocenters. The summed E-state index contributed by atoms with van der Waals surface area (Å²) in [5, 5.41) is 0. The molecule has 0 saturated heterocycles. The molecule has 0 heterocycles. The van der Waals surface area contributed by atoms with Crippen LogP contribution in [0.15, 0.2) is 72.9 Å². The molecule has 0 radical (unpaired) electrons. The van der Waals surface area contributed by atoms with Crippen molar-refractivity contribution in [3.8, 4) is 0 Å². The third-order valence-electron chi connectivity index (χ3n) is 12.6. The molecule has 1 unspecified atom stereocenters. The maximum absolute atomic E-state index is 12.8. The van der Waals surface area contributed by atoms with Crippen molar-refractivity contribution in [2.45, 2.75) is 297 Å². The van der Waals surface area contributed by atoms with E-state index in [0.717, 1.165) is 109 Å². The van der Waals surface area contributed by atoms with Gasteiger partial charge in [0.05, 0.1) is 0 Å². The number of carbonyl (C=O) groups excluding carboxylic acids is 3. The number of hydrogen-bond acceptors (Lipinski definition) is 6. The number of esters is 3. The summed E-state index contributed by atoms with van der Waals surface area (Å²) in [6.07, 6.45) is 73.4. The Morgan fingerprint density at radius 2 is 0.565 bits per heavy atom. The van der Waals surface area contributed by atoms with Gasteiger partial charge in [-0.15, -0.1) is 0 Å². The first-order valence-corrected chi connectivity index (χ1v) is 29.4. The topological polar surface area (TPSA) is 78.9 Å². The number of unbranched alkanes of at least 4 members (excludes halogenated alkanes) is 30. The van der Waals surface area contributed by atoms with Crippen LogP contribution >= 0.6 is 0 Å². The van der Waals surface area contributed by atoms with E-state index in [2.05, 4.69) is 93.7 Å². The zero-order valence-corrected chi connectivity index (χ0v) is 45.6. The number of carbonyl (C=O) groups is 3. The smallest absolute Gasteiger partial charge is 0.306 e. The van der Waals surface area contributed by atoms with Gasteiger partial charge in [-0.2, -0.15) is 0 Å². The van der Waals surface area contributed by atoms with Crippen molar-refractivity contribution in [1.29, 1.82) is 0 Å². The molecule has 6 nitrogen and oxygen atoms in total. The minimum absolute atomic E-state index is 0.0840. The Kier molecular flexibility index (Phi) is 54.8. The molecule has 0 N–H and O–H groups in total. The average molecular weight is 964 g/mol. The van der Waals surface area contributed by atoms with Gasteiger partial charge in [0.15, 0.2) is 6.10 Å². The minimum Gasteiger partial charge on any atom is -0.462 e. The normalized spacial score (nSPS) is 12.6. The fourth-order valence-electron chi connectivity index (χ4n) is 8.17. The van der Waals surface area contributed by atoms with Crippen molar-refractivity contribution in [3.63, 3.8) is 0 Å². The van der Waals surface area contributed by atoms with Crippen molar-refractivity contribution in [2.75, 3.05) is 13.2 Å². The maximum atomic E-state index is 12.8. The van der Waals surface area contributed by atoms with E-state index >= 15 is 0 Å². The summed E-state index contributed by atoms with van der Waals surface area (Å²) in [6.45, 7) is 6.52. The molecule has 0 bridgehead atoms. The molecule has 0 aliphatic rings. The molecular weight excluding hydrogens is 853 g/mol. The molecule has 398 valence electrons. The molecular formula is C63H110O6. The van der Waals surface area contributed by atoms with Gasteiger partial charge < -0.3 is 14.2 Å². The first kappa shape index (κ1) is 65.8. The van der Waals surface area contributed by atoms with Gasteiger partial charge in [0.25, 0.3) is 0 Å². The molecule has 0 aliphatic heterocycles. The Balaban J connectivity index is 4.20. The van der Waals surface area contributed by atoms with Gasteiger partial charge in [-0.05, 0) is 103 Å². The summed E-state index contributed by atoms with van der Waals surface area (Å²) in [6, 6.07) is 0. The quantitative estimate of drug-likeness (QED) is 0.0262. The Morgan fingerprint density at radius 1 is 0.290 bits per heavy atom. The first-order chi connectivity index (χ1) is 34.0. The highest BCUT2D eigenvalue weighted by Gasteiger charge is 2.19. The maximum Gasteiger partial charge on any atom is 0.306 e. The van der Waals surface area contributed by atoms with Crippen LogP contribution in [0, 0.1) is 0 Å². The molecule has 0 aromatic carbocycles. The molecule has 69 heavy (non-hydrogen) atoms. The molecule has 0 aromatic heterocycles. The Morgan fingerprint density at radius 3 is 0.928 bits per heavy atom. The van der Waals surface area contributed by atoms with Crippen LogP contribution in [-0.4, -0.2) is 37.2 Å². The molecule has 0 aromatic rings. The van der Waals surface area contributed by atoms with Gasteiger partial charge >= 0.3 is 17.9 Å². The van der Waals surface area contributed by atoms with E-state index in [0.29, 0.717) is 19.3 Å². The highest BCUT2D eigenvalue weighted by Crippen LogP contribution is 2.15. The van der Waals surface area contributed by atoms with Crippen molar-refractivity contribution >= 4 is 17.9 Å². The zero-order chi connectivity index (χ0) is 50.0. The molecule has 0 amide bonds. The fourth-order valence-corrected chi connectivity index (χ4v) is 8.17. The average Bonchev–Trinajstić information content (AvgIpc) is 3.35. The largest absolute Gasteiger partial charge is 0.462 e. The number of allylic oxidation sites excluding steroid dienone is 12. The molecule has 6 heteroatoms. The predicted octanol–water partition coefficient (Wildman–Crippen LogP) is 19.8. The lowest BCUT2D eigenvalue weighted by molar-refractivity contribution is -0.167. The Bertz CT molecular complexity index is 1290. The van der Waals surface area contributed by atoms with Crippen LogP contribution in [0.3, 0.4) is 0 Å². The summed E-state index contributed by atoms with van der Waals surface area (Å²) in [7, 11) is 0. The van der Waals surface area contributed by atoms with Crippen molar-refractivity contribution in [2.24, 2.45) is 0 Å². The van der Waals surface area contributed by atoms with Gasteiger partial charge in [0.2, 0.25) is 0 Å². The Labute approximate surface area is 427 Å². The van der Waals surface area contributed by atoms with E-state index in [1.165, 1.54) is 141 Å². The summed E-state index contributed by atoms with van der Waals surface area (Å²) in [5.74, 6) is -0.905. The van der Waals surface area contributed by atoms with E-state index in [9.17, 15) is 14.4 Å². The van der Waals surface area contributed by atoms with Crippen LogP contribution in [0.2, 0.25) is 0 Å². The van der Waals surface area contributed by atoms with Crippen molar-refractivity contribution in [1.82, 2.24) is 0 Å². The van der Waals surface area contributed by atoms with Crippen molar-refractivity contribution < 1.29 is 28.6 Å². The molecule has 0 saturated carbocycles. The lowest BCUT2D eigenvalue weighted by atomic mass is 10.0. The van der Waals surface area contributed by atoms with Gasteiger partial charge in [0.1, 0.15) is 13.2 Å². The highest BCUT2D eigenvalue weighted by molar-refractivity contribution is 5.71. The summed E-state index contributed by atoms with van der Waals surface area (Å²) in [4.78, 5) is 38.0. The second-order valence-corrected chi connectivity index (χ2v) is 19.5. The van der Waals surface area contributed by atoms with Crippen LogP contribution in [0.1, 0.15) is 290 Å². The van der Waals surface area contributed by atoms with Gasteiger partial charge in [-0.25, -0.2) is 0 Å². The molecule has 0 rings (SSSR count). The molecule has 0 spiro atoms. The second kappa shape index (κ2) is 57.4. The summed E-state index contributed by atoms with van der Waals surface area (Å²) < 4.78 is 16.8. The van der Waals surface area contributed by atoms with E-state index in [1.807, 2.05) is 0 Å². The van der Waals surface area contributed by atoms with Crippen molar-refractivity contribution in [3.05, 3.63) is 72.9 Å². The molecule has 0 fully saturated rings. The lowest BCUT2D eigenvalue weighted by Crippen LogP contribution is -2.30. The third kappa shape index (κ3) is 55.6. The van der Waals surface area contributed by atoms with Gasteiger partial charge in [-0.1, -0.05) is 241 Å². The zero-order valence-electron chi connectivity index (χ0n) is 45.6. The summed E-state index contributed by atoms with van der Waals surface area (Å²) >= 11 is 0. The first-order valence-electron chi connectivity index (χ1n) is 29.4. The van der Waals surface area contributed by atoms with Gasteiger partial charge in [-0.3, -0.25) is 14.4 Å². The second-order valence-electron chi connectivity index (χ2n) is 19.5. The number of ether oxygens (including phenoxy) is 3.